The molecule has 0 spiro atoms. The van der Waals surface area contributed by atoms with Gasteiger partial charge in [-0.1, -0.05) is 0 Å². The smallest absolute Gasteiger partial charge is 0.245 e. The van der Waals surface area contributed by atoms with Gasteiger partial charge in [0, 0.05) is 19.5 Å². The van der Waals surface area contributed by atoms with Crippen LogP contribution in [0.5, 0.6) is 0 Å². The van der Waals surface area contributed by atoms with Crippen molar-refractivity contribution in [2.45, 2.75) is 31.4 Å². The van der Waals surface area contributed by atoms with Crippen LogP contribution < -0.4 is 5.32 Å². The zero-order valence-corrected chi connectivity index (χ0v) is 11.0. The summed E-state index contributed by atoms with van der Waals surface area (Å²) < 4.78 is 10.9. The van der Waals surface area contributed by atoms with Gasteiger partial charge in [-0.2, -0.15) is 0 Å². The number of carbonyl (C=O) groups is 2. The number of hydrogen-bond donors (Lipinski definition) is 1. The van der Waals surface area contributed by atoms with Crippen molar-refractivity contribution < 1.29 is 19.1 Å². The third-order valence-electron chi connectivity index (χ3n) is 3.91. The van der Waals surface area contributed by atoms with Crippen molar-refractivity contribution >= 4 is 11.8 Å². The second kappa shape index (κ2) is 5.46. The average Bonchev–Trinajstić information content (AvgIpc) is 3.25. The second-order valence-electron chi connectivity index (χ2n) is 5.48. The molecule has 3 rings (SSSR count). The first-order valence-electron chi connectivity index (χ1n) is 7.01. The molecule has 0 aromatic heterocycles. The van der Waals surface area contributed by atoms with Gasteiger partial charge in [-0.25, -0.2) is 0 Å². The van der Waals surface area contributed by atoms with Crippen LogP contribution in [-0.2, 0) is 19.1 Å². The number of ether oxygens (including phenoxy) is 2. The minimum absolute atomic E-state index is 0.0198. The van der Waals surface area contributed by atoms with Gasteiger partial charge in [0.2, 0.25) is 11.8 Å². The monoisotopic (exact) mass is 268 g/mol. The molecule has 2 unspecified atom stereocenters. The summed E-state index contributed by atoms with van der Waals surface area (Å²) in [4.78, 5) is 25.9. The Balaban J connectivity index is 1.64. The molecule has 2 aliphatic heterocycles. The molecule has 3 fully saturated rings. The molecule has 3 aliphatic rings. The lowest BCUT2D eigenvalue weighted by atomic mass is 10.1. The number of carbonyl (C=O) groups excluding carboxylic acids is 2. The fourth-order valence-corrected chi connectivity index (χ4v) is 2.67. The van der Waals surface area contributed by atoms with Gasteiger partial charge in [0.15, 0.2) is 0 Å². The summed E-state index contributed by atoms with van der Waals surface area (Å²) in [6.07, 6.45) is 2.38. The van der Waals surface area contributed by atoms with Crippen LogP contribution in [0.1, 0.15) is 19.3 Å². The highest BCUT2D eigenvalue weighted by Crippen LogP contribution is 2.34. The summed E-state index contributed by atoms with van der Waals surface area (Å²) in [5.41, 5.74) is 0. The lowest BCUT2D eigenvalue weighted by Crippen LogP contribution is -2.49. The van der Waals surface area contributed by atoms with E-state index in [0.717, 1.165) is 12.8 Å². The van der Waals surface area contributed by atoms with Crippen molar-refractivity contribution in [1.29, 1.82) is 0 Å². The quantitative estimate of drug-likeness (QED) is 0.751. The average molecular weight is 268 g/mol. The summed E-state index contributed by atoms with van der Waals surface area (Å²) in [6, 6.07) is -0.320. The molecule has 6 nitrogen and oxygen atoms in total. The zero-order valence-electron chi connectivity index (χ0n) is 11.0. The molecule has 2 amide bonds. The van der Waals surface area contributed by atoms with Crippen molar-refractivity contribution in [3.8, 4) is 0 Å². The maximum atomic E-state index is 12.5. The molecule has 0 aromatic carbocycles. The van der Waals surface area contributed by atoms with E-state index in [1.807, 2.05) is 0 Å². The van der Waals surface area contributed by atoms with E-state index in [1.165, 1.54) is 0 Å². The third kappa shape index (κ3) is 3.06. The van der Waals surface area contributed by atoms with Crippen LogP contribution in [-0.4, -0.2) is 61.8 Å². The van der Waals surface area contributed by atoms with Gasteiger partial charge in [-0.05, 0) is 18.8 Å². The van der Waals surface area contributed by atoms with E-state index >= 15 is 0 Å². The van der Waals surface area contributed by atoms with E-state index < -0.39 is 0 Å². The molecule has 106 valence electrons. The summed E-state index contributed by atoms with van der Waals surface area (Å²) in [5, 5.41) is 2.86. The van der Waals surface area contributed by atoms with Gasteiger partial charge < -0.3 is 19.7 Å². The van der Waals surface area contributed by atoms with Crippen LogP contribution in [0.15, 0.2) is 0 Å². The number of amides is 2. The van der Waals surface area contributed by atoms with E-state index in [0.29, 0.717) is 45.2 Å². The van der Waals surface area contributed by atoms with Gasteiger partial charge in [0.1, 0.15) is 6.04 Å². The lowest BCUT2D eigenvalue weighted by molar-refractivity contribution is -0.140. The first-order valence-corrected chi connectivity index (χ1v) is 7.01. The van der Waals surface area contributed by atoms with Crippen molar-refractivity contribution in [2.24, 2.45) is 5.92 Å². The number of nitrogens with zero attached hydrogens (tertiary/aromatic N) is 1. The van der Waals surface area contributed by atoms with Gasteiger partial charge in [0.25, 0.3) is 0 Å². The Bertz CT molecular complexity index is 364. The van der Waals surface area contributed by atoms with Crippen molar-refractivity contribution in [3.63, 3.8) is 0 Å². The zero-order chi connectivity index (χ0) is 13.2. The number of rotatable bonds is 3. The molecule has 0 aromatic rings. The van der Waals surface area contributed by atoms with E-state index in [-0.39, 0.29) is 24.0 Å². The first-order chi connectivity index (χ1) is 9.24. The Kier molecular flexibility index (Phi) is 3.70. The molecule has 1 saturated carbocycles. The topological polar surface area (TPSA) is 67.9 Å². The van der Waals surface area contributed by atoms with Gasteiger partial charge in [0.05, 0.1) is 25.9 Å². The minimum atomic E-state index is -0.320. The molecule has 0 radical (unpaired) electrons. The van der Waals surface area contributed by atoms with Crippen LogP contribution in [0.4, 0.5) is 0 Å². The molecule has 2 atom stereocenters. The standard InChI is InChI=1S/C13H20N2O4/c16-11-3-4-15(7-10-8-18-5-6-19-10)13(17)12(14-11)9-1-2-9/h9-10,12H,1-8H2,(H,14,16). The van der Waals surface area contributed by atoms with Crippen LogP contribution in [0, 0.1) is 5.92 Å². The Hall–Kier alpha value is -1.14. The SMILES string of the molecule is O=C1CCN(CC2COCCO2)C(=O)C(C2CC2)N1. The van der Waals surface area contributed by atoms with Crippen molar-refractivity contribution in [2.75, 3.05) is 32.9 Å². The maximum absolute atomic E-state index is 12.5. The Morgan fingerprint density at radius 3 is 2.79 bits per heavy atom. The highest BCUT2D eigenvalue weighted by molar-refractivity contribution is 5.90. The molecule has 1 aliphatic carbocycles. The molecule has 19 heavy (non-hydrogen) atoms. The normalized spacial score (nSPS) is 32.9. The van der Waals surface area contributed by atoms with Crippen LogP contribution >= 0.6 is 0 Å². The van der Waals surface area contributed by atoms with Crippen LogP contribution in [0.25, 0.3) is 0 Å². The van der Waals surface area contributed by atoms with Crippen molar-refractivity contribution in [3.05, 3.63) is 0 Å². The number of hydrogen-bond acceptors (Lipinski definition) is 4. The lowest BCUT2D eigenvalue weighted by Gasteiger charge is -2.30. The highest BCUT2D eigenvalue weighted by Gasteiger charge is 2.41. The Morgan fingerprint density at radius 1 is 1.26 bits per heavy atom. The Labute approximate surface area is 112 Å². The highest BCUT2D eigenvalue weighted by atomic mass is 16.6. The van der Waals surface area contributed by atoms with Crippen molar-refractivity contribution in [1.82, 2.24) is 10.2 Å². The molecule has 2 heterocycles. The molecule has 6 heteroatoms. The summed E-state index contributed by atoms with van der Waals surface area (Å²) in [7, 11) is 0. The summed E-state index contributed by atoms with van der Waals surface area (Å²) >= 11 is 0. The van der Waals surface area contributed by atoms with E-state index in [9.17, 15) is 9.59 Å². The second-order valence-corrected chi connectivity index (χ2v) is 5.48. The predicted molar refractivity (Wildman–Crippen MR) is 66.4 cm³/mol. The molecule has 1 N–H and O–H groups in total. The largest absolute Gasteiger partial charge is 0.376 e. The van der Waals surface area contributed by atoms with E-state index in [1.54, 1.807) is 4.90 Å². The van der Waals surface area contributed by atoms with Gasteiger partial charge >= 0.3 is 0 Å². The van der Waals surface area contributed by atoms with Crippen LogP contribution in [0.2, 0.25) is 0 Å². The van der Waals surface area contributed by atoms with E-state index in [2.05, 4.69) is 5.32 Å². The molecular weight excluding hydrogens is 248 g/mol. The first kappa shape index (κ1) is 12.9. The number of nitrogens with one attached hydrogen (secondary N) is 1. The summed E-state index contributed by atoms with van der Waals surface area (Å²) in [5.74, 6) is 0.358. The predicted octanol–water partition coefficient (Wildman–Crippen LogP) is -0.471. The minimum Gasteiger partial charge on any atom is -0.376 e. The third-order valence-corrected chi connectivity index (χ3v) is 3.91. The maximum Gasteiger partial charge on any atom is 0.245 e. The van der Waals surface area contributed by atoms with Crippen LogP contribution in [0.3, 0.4) is 0 Å². The molecule has 0 bridgehead atoms. The fourth-order valence-electron chi connectivity index (χ4n) is 2.67. The van der Waals surface area contributed by atoms with Gasteiger partial charge in [-0.3, -0.25) is 9.59 Å². The van der Waals surface area contributed by atoms with Gasteiger partial charge in [-0.15, -0.1) is 0 Å². The Morgan fingerprint density at radius 2 is 2.11 bits per heavy atom. The summed E-state index contributed by atoms with van der Waals surface area (Å²) in [6.45, 7) is 2.73. The fraction of sp³-hybridized carbons (Fsp3) is 0.846. The molecular formula is C13H20N2O4. The molecule has 2 saturated heterocycles. The van der Waals surface area contributed by atoms with E-state index in [4.69, 9.17) is 9.47 Å².